The second kappa shape index (κ2) is 6.77. The summed E-state index contributed by atoms with van der Waals surface area (Å²) in [4.78, 5) is 21.8. The SMILES string of the molecule is O=C(N/N=C\c1ccccc1F)c1ccc([N+](=O)[O-])cc1Cl. The molecule has 0 heterocycles. The molecular formula is C14H9ClFN3O3. The lowest BCUT2D eigenvalue weighted by atomic mass is 10.2. The van der Waals surface area contributed by atoms with Crippen molar-refractivity contribution in [2.45, 2.75) is 0 Å². The number of halogens is 2. The maximum atomic E-state index is 13.3. The molecule has 0 saturated heterocycles. The van der Waals surface area contributed by atoms with E-state index in [1.54, 1.807) is 6.07 Å². The van der Waals surface area contributed by atoms with Gasteiger partial charge in [0.1, 0.15) is 5.82 Å². The van der Waals surface area contributed by atoms with Crippen LogP contribution in [-0.2, 0) is 0 Å². The molecule has 0 aromatic heterocycles. The summed E-state index contributed by atoms with van der Waals surface area (Å²) < 4.78 is 13.3. The highest BCUT2D eigenvalue weighted by Gasteiger charge is 2.14. The number of hydrazone groups is 1. The van der Waals surface area contributed by atoms with Crippen LogP contribution in [0.25, 0.3) is 0 Å². The van der Waals surface area contributed by atoms with Crippen LogP contribution in [0.4, 0.5) is 10.1 Å². The number of benzene rings is 2. The number of nitro benzene ring substituents is 1. The summed E-state index contributed by atoms with van der Waals surface area (Å²) in [6.07, 6.45) is 1.15. The fourth-order valence-electron chi connectivity index (χ4n) is 1.60. The topological polar surface area (TPSA) is 84.6 Å². The van der Waals surface area contributed by atoms with E-state index in [0.29, 0.717) is 0 Å². The molecule has 0 aliphatic rings. The van der Waals surface area contributed by atoms with Gasteiger partial charge >= 0.3 is 0 Å². The van der Waals surface area contributed by atoms with Crippen LogP contribution >= 0.6 is 11.6 Å². The van der Waals surface area contributed by atoms with E-state index < -0.39 is 16.6 Å². The Kier molecular flexibility index (Phi) is 4.80. The number of nitro groups is 1. The molecule has 0 aliphatic heterocycles. The quantitative estimate of drug-likeness (QED) is 0.533. The molecule has 0 fully saturated rings. The lowest BCUT2D eigenvalue weighted by Gasteiger charge is -2.02. The molecule has 0 saturated carbocycles. The first-order valence-corrected chi connectivity index (χ1v) is 6.38. The highest BCUT2D eigenvalue weighted by atomic mass is 35.5. The molecule has 0 spiro atoms. The van der Waals surface area contributed by atoms with Crippen molar-refractivity contribution in [1.29, 1.82) is 0 Å². The van der Waals surface area contributed by atoms with Gasteiger partial charge in [-0.25, -0.2) is 9.82 Å². The molecule has 6 nitrogen and oxygen atoms in total. The van der Waals surface area contributed by atoms with Crippen molar-refractivity contribution >= 4 is 29.4 Å². The van der Waals surface area contributed by atoms with Crippen molar-refractivity contribution in [3.8, 4) is 0 Å². The Hall–Kier alpha value is -2.80. The molecule has 0 atom stereocenters. The van der Waals surface area contributed by atoms with Crippen LogP contribution in [0.2, 0.25) is 5.02 Å². The number of hydrogen-bond donors (Lipinski definition) is 1. The molecule has 1 amide bonds. The number of carbonyl (C=O) groups excluding carboxylic acids is 1. The van der Waals surface area contributed by atoms with Crippen molar-refractivity contribution in [2.24, 2.45) is 5.10 Å². The predicted molar refractivity (Wildman–Crippen MR) is 79.6 cm³/mol. The largest absolute Gasteiger partial charge is 0.272 e. The van der Waals surface area contributed by atoms with Gasteiger partial charge in [-0.3, -0.25) is 14.9 Å². The van der Waals surface area contributed by atoms with Gasteiger partial charge in [-0.2, -0.15) is 5.10 Å². The molecule has 2 rings (SSSR count). The number of nitrogens with zero attached hydrogens (tertiary/aromatic N) is 2. The van der Waals surface area contributed by atoms with Gasteiger partial charge in [-0.05, 0) is 12.1 Å². The minimum absolute atomic E-state index is 0.0259. The molecule has 0 radical (unpaired) electrons. The van der Waals surface area contributed by atoms with E-state index in [1.807, 2.05) is 0 Å². The van der Waals surface area contributed by atoms with Crippen molar-refractivity contribution < 1.29 is 14.1 Å². The van der Waals surface area contributed by atoms with Crippen LogP contribution in [0.15, 0.2) is 47.6 Å². The van der Waals surface area contributed by atoms with Crippen LogP contribution in [0.3, 0.4) is 0 Å². The van der Waals surface area contributed by atoms with E-state index in [4.69, 9.17) is 11.6 Å². The Morgan fingerprint density at radius 3 is 2.68 bits per heavy atom. The lowest BCUT2D eigenvalue weighted by molar-refractivity contribution is -0.384. The van der Waals surface area contributed by atoms with E-state index in [0.717, 1.165) is 18.3 Å². The molecule has 0 aliphatic carbocycles. The predicted octanol–water partition coefficient (Wildman–Crippen LogP) is 3.15. The summed E-state index contributed by atoms with van der Waals surface area (Å²) in [5.74, 6) is -1.14. The zero-order chi connectivity index (χ0) is 16.1. The summed E-state index contributed by atoms with van der Waals surface area (Å²) in [6, 6.07) is 9.34. The van der Waals surface area contributed by atoms with Gasteiger partial charge < -0.3 is 0 Å². The average Bonchev–Trinajstić information content (AvgIpc) is 2.48. The minimum Gasteiger partial charge on any atom is -0.267 e. The molecule has 1 N–H and O–H groups in total. The van der Waals surface area contributed by atoms with Crippen molar-refractivity contribution in [2.75, 3.05) is 0 Å². The monoisotopic (exact) mass is 321 g/mol. The Bertz CT molecular complexity index is 765. The Balaban J connectivity index is 2.10. The van der Waals surface area contributed by atoms with E-state index in [2.05, 4.69) is 10.5 Å². The molecule has 8 heteroatoms. The van der Waals surface area contributed by atoms with E-state index in [1.165, 1.54) is 24.3 Å². The van der Waals surface area contributed by atoms with Crippen molar-refractivity contribution in [3.63, 3.8) is 0 Å². The van der Waals surface area contributed by atoms with Crippen LogP contribution < -0.4 is 5.43 Å². The maximum Gasteiger partial charge on any atom is 0.272 e. The van der Waals surface area contributed by atoms with Gasteiger partial charge in [0.15, 0.2) is 0 Å². The number of non-ortho nitro benzene ring substituents is 1. The van der Waals surface area contributed by atoms with Gasteiger partial charge in [-0.15, -0.1) is 0 Å². The highest BCUT2D eigenvalue weighted by Crippen LogP contribution is 2.22. The molecule has 22 heavy (non-hydrogen) atoms. The third-order valence-electron chi connectivity index (χ3n) is 2.68. The number of amides is 1. The first-order chi connectivity index (χ1) is 10.5. The summed E-state index contributed by atoms with van der Waals surface area (Å²) in [6.45, 7) is 0. The van der Waals surface area contributed by atoms with E-state index in [9.17, 15) is 19.3 Å². The molecule has 0 unspecified atom stereocenters. The van der Waals surface area contributed by atoms with Crippen LogP contribution in [0, 0.1) is 15.9 Å². The number of rotatable bonds is 4. The third-order valence-corrected chi connectivity index (χ3v) is 3.00. The fourth-order valence-corrected chi connectivity index (χ4v) is 1.86. The summed E-state index contributed by atoms with van der Waals surface area (Å²) in [7, 11) is 0. The highest BCUT2D eigenvalue weighted by molar-refractivity contribution is 6.34. The summed E-state index contributed by atoms with van der Waals surface area (Å²) >= 11 is 5.81. The second-order valence-electron chi connectivity index (χ2n) is 4.14. The Morgan fingerprint density at radius 2 is 2.05 bits per heavy atom. The van der Waals surface area contributed by atoms with E-state index >= 15 is 0 Å². The summed E-state index contributed by atoms with van der Waals surface area (Å²) in [5.41, 5.74) is 2.18. The lowest BCUT2D eigenvalue weighted by Crippen LogP contribution is -2.18. The smallest absolute Gasteiger partial charge is 0.267 e. The minimum atomic E-state index is -0.660. The van der Waals surface area contributed by atoms with Crippen LogP contribution in [0.1, 0.15) is 15.9 Å². The molecular weight excluding hydrogens is 313 g/mol. The average molecular weight is 322 g/mol. The summed E-state index contributed by atoms with van der Waals surface area (Å²) in [5, 5.41) is 14.1. The molecule has 2 aromatic rings. The Labute approximate surface area is 129 Å². The van der Waals surface area contributed by atoms with Gasteiger partial charge in [0.2, 0.25) is 0 Å². The van der Waals surface area contributed by atoms with Crippen molar-refractivity contribution in [1.82, 2.24) is 5.43 Å². The van der Waals surface area contributed by atoms with Gasteiger partial charge in [0.25, 0.3) is 11.6 Å². The zero-order valence-electron chi connectivity index (χ0n) is 11.0. The zero-order valence-corrected chi connectivity index (χ0v) is 11.7. The molecule has 112 valence electrons. The van der Waals surface area contributed by atoms with Crippen LogP contribution in [0.5, 0.6) is 0 Å². The maximum absolute atomic E-state index is 13.3. The Morgan fingerprint density at radius 1 is 1.32 bits per heavy atom. The number of hydrogen-bond acceptors (Lipinski definition) is 4. The second-order valence-corrected chi connectivity index (χ2v) is 4.55. The first-order valence-electron chi connectivity index (χ1n) is 6.01. The fraction of sp³-hybridized carbons (Fsp3) is 0. The van der Waals surface area contributed by atoms with Crippen LogP contribution in [-0.4, -0.2) is 17.0 Å². The van der Waals surface area contributed by atoms with Gasteiger partial charge in [0.05, 0.1) is 21.7 Å². The standard InChI is InChI=1S/C14H9ClFN3O3/c15-12-7-10(19(21)22)5-6-11(12)14(20)18-17-8-9-3-1-2-4-13(9)16/h1-8H,(H,18,20)/b17-8-. The van der Waals surface area contributed by atoms with E-state index in [-0.39, 0.29) is 21.8 Å². The molecule has 0 bridgehead atoms. The van der Waals surface area contributed by atoms with Gasteiger partial charge in [-0.1, -0.05) is 29.8 Å². The molecule has 2 aromatic carbocycles. The van der Waals surface area contributed by atoms with Gasteiger partial charge in [0, 0.05) is 17.7 Å². The number of nitrogens with one attached hydrogen (secondary N) is 1. The third kappa shape index (κ3) is 3.64. The van der Waals surface area contributed by atoms with Crippen molar-refractivity contribution in [3.05, 3.63) is 74.5 Å². The number of carbonyl (C=O) groups is 1. The first kappa shape index (κ1) is 15.6. The normalized spacial score (nSPS) is 10.6.